The van der Waals surface area contributed by atoms with Gasteiger partial charge in [-0.15, -0.1) is 0 Å². The molecule has 118 valence electrons. The molecular weight excluding hydrogens is 248 g/mol. The first-order valence-corrected chi connectivity index (χ1v) is 8.85. The van der Waals surface area contributed by atoms with Crippen LogP contribution in [-0.4, -0.2) is 42.3 Å². The third-order valence-electron chi connectivity index (χ3n) is 5.61. The standard InChI is InChI=1S/C17H34N2O/c18-14-17(10-6-1-2-7-11-17)15-19(12-13-20)16-8-4-3-5-9-16/h16,20H,1-15,18H2. The minimum absolute atomic E-state index is 0.289. The molecular formula is C17H34N2O. The van der Waals surface area contributed by atoms with E-state index in [0.717, 1.165) is 19.6 Å². The van der Waals surface area contributed by atoms with Gasteiger partial charge in [-0.3, -0.25) is 4.90 Å². The Labute approximate surface area is 124 Å². The van der Waals surface area contributed by atoms with Crippen LogP contribution < -0.4 is 5.73 Å². The van der Waals surface area contributed by atoms with Gasteiger partial charge in [-0.1, -0.05) is 44.9 Å². The number of rotatable bonds is 6. The topological polar surface area (TPSA) is 49.5 Å². The molecule has 0 saturated heterocycles. The zero-order chi connectivity index (χ0) is 14.3. The highest BCUT2D eigenvalue weighted by atomic mass is 16.3. The van der Waals surface area contributed by atoms with Crippen LogP contribution in [0.2, 0.25) is 0 Å². The van der Waals surface area contributed by atoms with E-state index in [4.69, 9.17) is 5.73 Å². The summed E-state index contributed by atoms with van der Waals surface area (Å²) in [4.78, 5) is 2.58. The second-order valence-corrected chi connectivity index (χ2v) is 7.10. The number of hydrogen-bond acceptors (Lipinski definition) is 3. The molecule has 0 bridgehead atoms. The first-order valence-electron chi connectivity index (χ1n) is 8.85. The summed E-state index contributed by atoms with van der Waals surface area (Å²) in [6.07, 6.45) is 14.8. The van der Waals surface area contributed by atoms with Crippen molar-refractivity contribution in [2.75, 3.05) is 26.2 Å². The highest BCUT2D eigenvalue weighted by Gasteiger charge is 2.33. The summed E-state index contributed by atoms with van der Waals surface area (Å²) in [5.74, 6) is 0. The van der Waals surface area contributed by atoms with Gasteiger partial charge in [-0.2, -0.15) is 0 Å². The third-order valence-corrected chi connectivity index (χ3v) is 5.61. The van der Waals surface area contributed by atoms with Crippen LogP contribution >= 0.6 is 0 Å². The van der Waals surface area contributed by atoms with Crippen LogP contribution in [0.4, 0.5) is 0 Å². The smallest absolute Gasteiger partial charge is 0.0558 e. The van der Waals surface area contributed by atoms with E-state index in [1.807, 2.05) is 0 Å². The fourth-order valence-corrected chi connectivity index (χ4v) is 4.30. The summed E-state index contributed by atoms with van der Waals surface area (Å²) < 4.78 is 0. The number of hydrogen-bond donors (Lipinski definition) is 2. The molecule has 0 atom stereocenters. The monoisotopic (exact) mass is 282 g/mol. The normalized spacial score (nSPS) is 24.8. The highest BCUT2D eigenvalue weighted by Crippen LogP contribution is 2.36. The summed E-state index contributed by atoms with van der Waals surface area (Å²) >= 11 is 0. The largest absolute Gasteiger partial charge is 0.395 e. The predicted molar refractivity (Wildman–Crippen MR) is 84.7 cm³/mol. The van der Waals surface area contributed by atoms with Gasteiger partial charge in [0.1, 0.15) is 0 Å². The van der Waals surface area contributed by atoms with Crippen LogP contribution in [0.5, 0.6) is 0 Å². The Kier molecular flexibility index (Phi) is 6.79. The van der Waals surface area contributed by atoms with Gasteiger partial charge in [0.05, 0.1) is 6.61 Å². The van der Waals surface area contributed by atoms with Crippen molar-refractivity contribution in [3.05, 3.63) is 0 Å². The predicted octanol–water partition coefficient (Wildman–Crippen LogP) is 2.91. The molecule has 3 nitrogen and oxygen atoms in total. The fourth-order valence-electron chi connectivity index (χ4n) is 4.30. The van der Waals surface area contributed by atoms with E-state index in [9.17, 15) is 5.11 Å². The van der Waals surface area contributed by atoms with E-state index in [2.05, 4.69) is 4.90 Å². The summed E-state index contributed by atoms with van der Waals surface area (Å²) in [6.45, 7) is 3.07. The summed E-state index contributed by atoms with van der Waals surface area (Å²) in [5, 5.41) is 9.44. The maximum atomic E-state index is 9.44. The van der Waals surface area contributed by atoms with Gasteiger partial charge in [-0.25, -0.2) is 0 Å². The number of nitrogens with two attached hydrogens (primary N) is 1. The highest BCUT2D eigenvalue weighted by molar-refractivity contribution is 4.88. The van der Waals surface area contributed by atoms with E-state index in [1.54, 1.807) is 0 Å². The van der Waals surface area contributed by atoms with Gasteiger partial charge in [0.15, 0.2) is 0 Å². The molecule has 2 fully saturated rings. The van der Waals surface area contributed by atoms with E-state index in [1.165, 1.54) is 70.6 Å². The third kappa shape index (κ3) is 4.44. The van der Waals surface area contributed by atoms with Crippen molar-refractivity contribution in [3.63, 3.8) is 0 Å². The fraction of sp³-hybridized carbons (Fsp3) is 1.00. The van der Waals surface area contributed by atoms with E-state index < -0.39 is 0 Å². The van der Waals surface area contributed by atoms with Gasteiger partial charge < -0.3 is 10.8 Å². The first-order chi connectivity index (χ1) is 9.79. The Morgan fingerprint density at radius 3 is 2.10 bits per heavy atom. The van der Waals surface area contributed by atoms with Crippen LogP contribution in [0, 0.1) is 5.41 Å². The first kappa shape index (κ1) is 16.3. The zero-order valence-electron chi connectivity index (χ0n) is 13.2. The molecule has 0 radical (unpaired) electrons. The minimum Gasteiger partial charge on any atom is -0.395 e. The molecule has 0 aliphatic heterocycles. The van der Waals surface area contributed by atoms with E-state index in [-0.39, 0.29) is 6.61 Å². The average Bonchev–Trinajstić information content (AvgIpc) is 2.74. The molecule has 0 heterocycles. The number of aliphatic hydroxyl groups excluding tert-OH is 1. The molecule has 0 aromatic carbocycles. The molecule has 0 unspecified atom stereocenters. The molecule has 2 aliphatic rings. The van der Waals surface area contributed by atoms with Crippen LogP contribution in [-0.2, 0) is 0 Å². The maximum Gasteiger partial charge on any atom is 0.0558 e. The van der Waals surface area contributed by atoms with Crippen molar-refractivity contribution in [2.45, 2.75) is 76.7 Å². The molecule has 0 aromatic rings. The Morgan fingerprint density at radius 2 is 1.55 bits per heavy atom. The second kappa shape index (κ2) is 8.35. The number of aliphatic hydroxyl groups is 1. The van der Waals surface area contributed by atoms with Gasteiger partial charge >= 0.3 is 0 Å². The second-order valence-electron chi connectivity index (χ2n) is 7.10. The number of nitrogens with zero attached hydrogens (tertiary/aromatic N) is 1. The Hall–Kier alpha value is -0.120. The van der Waals surface area contributed by atoms with Gasteiger partial charge in [-0.05, 0) is 37.6 Å². The van der Waals surface area contributed by atoms with Crippen molar-refractivity contribution in [1.82, 2.24) is 4.90 Å². The molecule has 2 rings (SSSR count). The Morgan fingerprint density at radius 1 is 0.950 bits per heavy atom. The van der Waals surface area contributed by atoms with Crippen LogP contribution in [0.3, 0.4) is 0 Å². The van der Waals surface area contributed by atoms with Crippen LogP contribution in [0.1, 0.15) is 70.6 Å². The van der Waals surface area contributed by atoms with Gasteiger partial charge in [0.25, 0.3) is 0 Å². The summed E-state index contributed by atoms with van der Waals surface area (Å²) in [5.41, 5.74) is 6.52. The lowest BCUT2D eigenvalue weighted by Gasteiger charge is -2.42. The van der Waals surface area contributed by atoms with Crippen molar-refractivity contribution in [3.8, 4) is 0 Å². The molecule has 0 spiro atoms. The quantitative estimate of drug-likeness (QED) is 0.737. The minimum atomic E-state index is 0.289. The van der Waals surface area contributed by atoms with Crippen LogP contribution in [0.25, 0.3) is 0 Å². The summed E-state index contributed by atoms with van der Waals surface area (Å²) in [7, 11) is 0. The molecule has 3 N–H and O–H groups in total. The Balaban J connectivity index is 1.99. The molecule has 0 amide bonds. The van der Waals surface area contributed by atoms with Crippen molar-refractivity contribution < 1.29 is 5.11 Å². The van der Waals surface area contributed by atoms with Crippen molar-refractivity contribution in [2.24, 2.45) is 11.1 Å². The molecule has 0 aromatic heterocycles. The van der Waals surface area contributed by atoms with Crippen molar-refractivity contribution in [1.29, 1.82) is 0 Å². The van der Waals surface area contributed by atoms with Gasteiger partial charge in [0.2, 0.25) is 0 Å². The lowest BCUT2D eigenvalue weighted by atomic mass is 9.79. The van der Waals surface area contributed by atoms with E-state index in [0.29, 0.717) is 11.5 Å². The van der Waals surface area contributed by atoms with E-state index >= 15 is 0 Å². The molecule has 20 heavy (non-hydrogen) atoms. The molecule has 2 saturated carbocycles. The van der Waals surface area contributed by atoms with Gasteiger partial charge in [0, 0.05) is 19.1 Å². The SMILES string of the molecule is NCC1(CN(CCO)C2CCCCC2)CCCCCC1. The Bertz CT molecular complexity index is 256. The lowest BCUT2D eigenvalue weighted by molar-refractivity contribution is 0.0646. The molecule has 3 heteroatoms. The lowest BCUT2D eigenvalue weighted by Crippen LogP contribution is -2.48. The average molecular weight is 282 g/mol. The van der Waals surface area contributed by atoms with Crippen molar-refractivity contribution >= 4 is 0 Å². The maximum absolute atomic E-state index is 9.44. The van der Waals surface area contributed by atoms with Crippen LogP contribution in [0.15, 0.2) is 0 Å². The summed E-state index contributed by atoms with van der Waals surface area (Å²) in [6, 6.07) is 0.697. The molecule has 2 aliphatic carbocycles. The zero-order valence-corrected chi connectivity index (χ0v) is 13.2.